The zero-order chi connectivity index (χ0) is 12.7. The normalized spacial score (nSPS) is 31.6. The first-order chi connectivity index (χ1) is 8.65. The van der Waals surface area contributed by atoms with Crippen LogP contribution < -0.4 is 5.32 Å². The van der Waals surface area contributed by atoms with Gasteiger partial charge in [-0.3, -0.25) is 0 Å². The summed E-state index contributed by atoms with van der Waals surface area (Å²) < 4.78 is 0. The van der Waals surface area contributed by atoms with Crippen molar-refractivity contribution in [3.8, 4) is 0 Å². The van der Waals surface area contributed by atoms with Gasteiger partial charge in [0.2, 0.25) is 0 Å². The summed E-state index contributed by atoms with van der Waals surface area (Å²) >= 11 is 6.18. The Labute approximate surface area is 114 Å². The highest BCUT2D eigenvalue weighted by Crippen LogP contribution is 2.36. The van der Waals surface area contributed by atoms with E-state index in [2.05, 4.69) is 29.2 Å². The van der Waals surface area contributed by atoms with Gasteiger partial charge in [-0.2, -0.15) is 0 Å². The molecule has 1 aromatic heterocycles. The highest BCUT2D eigenvalue weighted by Gasteiger charge is 2.38. The van der Waals surface area contributed by atoms with E-state index >= 15 is 0 Å². The number of hydrogen-bond acceptors (Lipinski definition) is 3. The van der Waals surface area contributed by atoms with Crippen LogP contribution in [0.3, 0.4) is 0 Å². The molecule has 2 atom stereocenters. The SMILES string of the molecule is Cc1ccnc(Cl)c1NC1CC2CCC(C1)N2C. The number of nitrogens with one attached hydrogen (secondary N) is 1. The fourth-order valence-corrected chi connectivity index (χ4v) is 3.69. The molecule has 2 fully saturated rings. The number of aryl methyl sites for hydroxylation is 1. The Balaban J connectivity index is 1.74. The van der Waals surface area contributed by atoms with Gasteiger partial charge in [0.1, 0.15) is 0 Å². The van der Waals surface area contributed by atoms with Gasteiger partial charge in [0.15, 0.2) is 5.15 Å². The third-order valence-electron chi connectivity index (χ3n) is 4.56. The molecule has 3 rings (SSSR count). The molecule has 18 heavy (non-hydrogen) atoms. The highest BCUT2D eigenvalue weighted by molar-refractivity contribution is 6.32. The molecule has 3 heterocycles. The summed E-state index contributed by atoms with van der Waals surface area (Å²) in [5, 5.41) is 4.22. The largest absolute Gasteiger partial charge is 0.379 e. The van der Waals surface area contributed by atoms with Gasteiger partial charge in [-0.15, -0.1) is 0 Å². The first-order valence-electron chi connectivity index (χ1n) is 6.74. The Morgan fingerprint density at radius 3 is 2.61 bits per heavy atom. The van der Waals surface area contributed by atoms with Crippen LogP contribution in [0.25, 0.3) is 0 Å². The van der Waals surface area contributed by atoms with Gasteiger partial charge in [0.25, 0.3) is 0 Å². The third-order valence-corrected chi connectivity index (χ3v) is 4.85. The van der Waals surface area contributed by atoms with Crippen LogP contribution in [0.5, 0.6) is 0 Å². The van der Waals surface area contributed by atoms with Gasteiger partial charge in [0, 0.05) is 24.3 Å². The van der Waals surface area contributed by atoms with Gasteiger partial charge in [0.05, 0.1) is 5.69 Å². The van der Waals surface area contributed by atoms with Crippen molar-refractivity contribution in [2.75, 3.05) is 12.4 Å². The van der Waals surface area contributed by atoms with Crippen molar-refractivity contribution < 1.29 is 0 Å². The second kappa shape index (κ2) is 4.71. The molecule has 98 valence electrons. The predicted molar refractivity (Wildman–Crippen MR) is 75.2 cm³/mol. The number of pyridine rings is 1. The van der Waals surface area contributed by atoms with Gasteiger partial charge >= 0.3 is 0 Å². The molecule has 2 saturated heterocycles. The first kappa shape index (κ1) is 12.2. The summed E-state index contributed by atoms with van der Waals surface area (Å²) in [6, 6.07) is 4.05. The van der Waals surface area contributed by atoms with Gasteiger partial charge < -0.3 is 10.2 Å². The van der Waals surface area contributed by atoms with E-state index in [1.165, 1.54) is 31.2 Å². The lowest BCUT2D eigenvalue weighted by molar-refractivity contribution is 0.169. The lowest BCUT2D eigenvalue weighted by Crippen LogP contribution is -2.44. The highest BCUT2D eigenvalue weighted by atomic mass is 35.5. The number of hydrogen-bond donors (Lipinski definition) is 1. The van der Waals surface area contributed by atoms with E-state index in [0.29, 0.717) is 11.2 Å². The average molecular weight is 266 g/mol. The molecule has 0 amide bonds. The number of nitrogens with zero attached hydrogens (tertiary/aromatic N) is 2. The second-order valence-corrected chi connectivity index (χ2v) is 6.01. The molecule has 3 nitrogen and oxygen atoms in total. The van der Waals surface area contributed by atoms with Crippen LogP contribution in [0.4, 0.5) is 5.69 Å². The molecule has 0 radical (unpaired) electrons. The van der Waals surface area contributed by atoms with Crippen molar-refractivity contribution in [1.29, 1.82) is 0 Å². The summed E-state index contributed by atoms with van der Waals surface area (Å²) in [5.41, 5.74) is 2.20. The van der Waals surface area contributed by atoms with Crippen LogP contribution >= 0.6 is 11.6 Å². The minimum Gasteiger partial charge on any atom is -0.379 e. The van der Waals surface area contributed by atoms with E-state index in [0.717, 1.165) is 17.8 Å². The number of anilines is 1. The zero-order valence-electron chi connectivity index (χ0n) is 11.0. The molecule has 0 aliphatic carbocycles. The maximum atomic E-state index is 6.18. The summed E-state index contributed by atoms with van der Waals surface area (Å²) in [7, 11) is 2.26. The van der Waals surface area contributed by atoms with Crippen LogP contribution in [0.2, 0.25) is 5.15 Å². The van der Waals surface area contributed by atoms with Crippen molar-refractivity contribution in [1.82, 2.24) is 9.88 Å². The number of fused-ring (bicyclic) bond motifs is 2. The van der Waals surface area contributed by atoms with E-state index in [1.807, 2.05) is 6.07 Å². The van der Waals surface area contributed by atoms with Crippen molar-refractivity contribution in [2.45, 2.75) is 50.7 Å². The smallest absolute Gasteiger partial charge is 0.152 e. The van der Waals surface area contributed by atoms with Gasteiger partial charge in [-0.05, 0) is 51.3 Å². The van der Waals surface area contributed by atoms with Gasteiger partial charge in [-0.25, -0.2) is 4.98 Å². The summed E-state index contributed by atoms with van der Waals surface area (Å²) in [6.07, 6.45) is 6.90. The Bertz CT molecular complexity index is 414. The minimum absolute atomic E-state index is 0.541. The monoisotopic (exact) mass is 265 g/mol. The molecule has 0 saturated carbocycles. The molecular formula is C14H20ClN3. The van der Waals surface area contributed by atoms with Crippen molar-refractivity contribution in [3.05, 3.63) is 23.0 Å². The lowest BCUT2D eigenvalue weighted by Gasteiger charge is -2.37. The summed E-state index contributed by atoms with van der Waals surface area (Å²) in [5.74, 6) is 0. The zero-order valence-corrected chi connectivity index (χ0v) is 11.7. The number of piperidine rings is 1. The number of halogens is 1. The molecule has 2 aliphatic heterocycles. The van der Waals surface area contributed by atoms with E-state index in [1.54, 1.807) is 6.20 Å². The summed E-state index contributed by atoms with van der Waals surface area (Å²) in [6.45, 7) is 2.08. The van der Waals surface area contributed by atoms with Crippen molar-refractivity contribution in [2.24, 2.45) is 0 Å². The van der Waals surface area contributed by atoms with Crippen LogP contribution in [-0.4, -0.2) is 35.1 Å². The molecule has 2 aliphatic rings. The maximum Gasteiger partial charge on any atom is 0.152 e. The fourth-order valence-electron chi connectivity index (χ4n) is 3.43. The molecule has 1 N–H and O–H groups in total. The molecule has 0 spiro atoms. The Kier molecular flexibility index (Phi) is 3.20. The van der Waals surface area contributed by atoms with Gasteiger partial charge in [-0.1, -0.05) is 11.6 Å². The van der Waals surface area contributed by atoms with Crippen LogP contribution in [0.1, 0.15) is 31.2 Å². The Morgan fingerprint density at radius 1 is 1.33 bits per heavy atom. The van der Waals surface area contributed by atoms with Crippen LogP contribution in [0.15, 0.2) is 12.3 Å². The molecule has 2 bridgehead atoms. The first-order valence-corrected chi connectivity index (χ1v) is 7.12. The van der Waals surface area contributed by atoms with Crippen molar-refractivity contribution in [3.63, 3.8) is 0 Å². The fraction of sp³-hybridized carbons (Fsp3) is 0.643. The topological polar surface area (TPSA) is 28.2 Å². The molecule has 0 aromatic carbocycles. The third kappa shape index (κ3) is 2.10. The molecular weight excluding hydrogens is 246 g/mol. The van der Waals surface area contributed by atoms with E-state index in [-0.39, 0.29) is 0 Å². The number of aromatic nitrogens is 1. The Hall–Kier alpha value is -0.800. The van der Waals surface area contributed by atoms with Crippen LogP contribution in [0, 0.1) is 6.92 Å². The predicted octanol–water partition coefficient (Wildman–Crippen LogP) is 3.08. The quantitative estimate of drug-likeness (QED) is 0.833. The average Bonchev–Trinajstić information content (AvgIpc) is 2.58. The molecule has 1 aromatic rings. The standard InChI is InChI=1S/C14H20ClN3/c1-9-5-6-16-14(15)13(9)17-10-7-11-3-4-12(8-10)18(11)2/h5-6,10-12,17H,3-4,7-8H2,1-2H3. The van der Waals surface area contributed by atoms with E-state index in [9.17, 15) is 0 Å². The lowest BCUT2D eigenvalue weighted by atomic mass is 9.97. The summed E-state index contributed by atoms with van der Waals surface area (Å²) in [4.78, 5) is 6.72. The van der Waals surface area contributed by atoms with E-state index < -0.39 is 0 Å². The maximum absolute atomic E-state index is 6.18. The second-order valence-electron chi connectivity index (χ2n) is 5.66. The Morgan fingerprint density at radius 2 is 2.00 bits per heavy atom. The number of rotatable bonds is 2. The van der Waals surface area contributed by atoms with Crippen LogP contribution in [-0.2, 0) is 0 Å². The van der Waals surface area contributed by atoms with E-state index in [4.69, 9.17) is 11.6 Å². The molecule has 4 heteroatoms. The minimum atomic E-state index is 0.541. The van der Waals surface area contributed by atoms with Crippen molar-refractivity contribution >= 4 is 17.3 Å². The molecule has 2 unspecified atom stereocenters.